The molecule has 1 saturated heterocycles. The minimum Gasteiger partial charge on any atom is -0.318 e. The minimum atomic E-state index is 0.0519. The molecule has 0 spiro atoms. The van der Waals surface area contributed by atoms with Gasteiger partial charge >= 0.3 is 6.03 Å². The number of likely N-dealkylation sites (N-methyl/N-ethyl adjacent to an activating group) is 2. The molecule has 0 aromatic heterocycles. The second kappa shape index (κ2) is 5.00. The molecule has 2 aromatic carbocycles. The van der Waals surface area contributed by atoms with E-state index in [9.17, 15) is 4.79 Å². The van der Waals surface area contributed by atoms with E-state index in [1.807, 2.05) is 60.3 Å². The second-order valence-corrected chi connectivity index (χ2v) is 5.22. The van der Waals surface area contributed by atoms with Crippen molar-refractivity contribution in [1.29, 1.82) is 0 Å². The molecule has 1 aliphatic heterocycles. The summed E-state index contributed by atoms with van der Waals surface area (Å²) in [7, 11) is 3.75. The largest absolute Gasteiger partial charge is 0.320 e. The summed E-state index contributed by atoms with van der Waals surface area (Å²) in [6, 6.07) is 20.6. The Morgan fingerprint density at radius 3 is 1.40 bits per heavy atom. The normalized spacial score (nSPS) is 22.4. The van der Waals surface area contributed by atoms with E-state index in [0.29, 0.717) is 0 Å². The highest BCUT2D eigenvalue weighted by molar-refractivity contribution is 5.78. The van der Waals surface area contributed by atoms with Crippen molar-refractivity contribution in [3.63, 3.8) is 0 Å². The maximum atomic E-state index is 12.3. The van der Waals surface area contributed by atoms with Crippen LogP contribution in [0.3, 0.4) is 0 Å². The number of urea groups is 1. The summed E-state index contributed by atoms with van der Waals surface area (Å²) in [5.41, 5.74) is 2.34. The van der Waals surface area contributed by atoms with Crippen LogP contribution in [0.25, 0.3) is 0 Å². The summed E-state index contributed by atoms with van der Waals surface area (Å²) in [5.74, 6) is 0. The molecule has 0 saturated carbocycles. The molecule has 2 atom stereocenters. The van der Waals surface area contributed by atoms with Crippen LogP contribution in [0.1, 0.15) is 23.2 Å². The van der Waals surface area contributed by atoms with Crippen molar-refractivity contribution in [2.45, 2.75) is 12.1 Å². The molecule has 20 heavy (non-hydrogen) atoms. The van der Waals surface area contributed by atoms with Crippen molar-refractivity contribution in [2.24, 2.45) is 0 Å². The summed E-state index contributed by atoms with van der Waals surface area (Å²) >= 11 is 0. The molecule has 0 aliphatic carbocycles. The van der Waals surface area contributed by atoms with Gasteiger partial charge in [0.25, 0.3) is 0 Å². The SMILES string of the molecule is CN1C(=O)N(C)[C@@H](c2ccccc2)[C@H]1c1ccccc1. The van der Waals surface area contributed by atoms with Gasteiger partial charge in [-0.15, -0.1) is 0 Å². The summed E-state index contributed by atoms with van der Waals surface area (Å²) in [6.07, 6.45) is 0. The molecule has 3 rings (SSSR count). The van der Waals surface area contributed by atoms with Crippen molar-refractivity contribution in [1.82, 2.24) is 9.80 Å². The number of hydrogen-bond acceptors (Lipinski definition) is 1. The lowest BCUT2D eigenvalue weighted by Crippen LogP contribution is -2.26. The standard InChI is InChI=1S/C17H18N2O/c1-18-15(13-9-5-3-6-10-13)16(19(2)17(18)20)14-11-7-4-8-12-14/h3-12,15-16H,1-2H3/t15-,16+. The summed E-state index contributed by atoms with van der Waals surface area (Å²) in [6.45, 7) is 0. The third kappa shape index (κ3) is 1.95. The number of benzene rings is 2. The average molecular weight is 266 g/mol. The van der Waals surface area contributed by atoms with Crippen molar-refractivity contribution in [2.75, 3.05) is 14.1 Å². The van der Waals surface area contributed by atoms with E-state index in [0.717, 1.165) is 0 Å². The van der Waals surface area contributed by atoms with Crippen LogP contribution in [-0.2, 0) is 0 Å². The first-order valence-corrected chi connectivity index (χ1v) is 6.79. The zero-order valence-electron chi connectivity index (χ0n) is 11.7. The van der Waals surface area contributed by atoms with Crippen molar-refractivity contribution in [3.05, 3.63) is 71.8 Å². The van der Waals surface area contributed by atoms with Crippen molar-refractivity contribution in [3.8, 4) is 0 Å². The van der Waals surface area contributed by atoms with E-state index in [2.05, 4.69) is 24.3 Å². The van der Waals surface area contributed by atoms with Gasteiger partial charge < -0.3 is 9.80 Å². The molecule has 0 N–H and O–H groups in total. The van der Waals surface area contributed by atoms with Crippen LogP contribution < -0.4 is 0 Å². The highest BCUT2D eigenvalue weighted by Gasteiger charge is 2.43. The number of amides is 2. The van der Waals surface area contributed by atoms with Crippen LogP contribution in [0.5, 0.6) is 0 Å². The van der Waals surface area contributed by atoms with Gasteiger partial charge in [0, 0.05) is 14.1 Å². The molecular weight excluding hydrogens is 248 g/mol. The Balaban J connectivity index is 2.07. The number of rotatable bonds is 2. The summed E-state index contributed by atoms with van der Waals surface area (Å²) in [4.78, 5) is 16.0. The van der Waals surface area contributed by atoms with Crippen molar-refractivity contribution < 1.29 is 4.79 Å². The van der Waals surface area contributed by atoms with Gasteiger partial charge in [0.15, 0.2) is 0 Å². The Bertz CT molecular complexity index is 543. The molecule has 2 amide bonds. The van der Waals surface area contributed by atoms with Crippen LogP contribution >= 0.6 is 0 Å². The van der Waals surface area contributed by atoms with Gasteiger partial charge in [0.2, 0.25) is 0 Å². The molecule has 0 unspecified atom stereocenters. The molecule has 3 nitrogen and oxygen atoms in total. The van der Waals surface area contributed by atoms with Gasteiger partial charge in [0.05, 0.1) is 12.1 Å². The quantitative estimate of drug-likeness (QED) is 0.816. The Labute approximate surface area is 119 Å². The molecule has 1 heterocycles. The molecular formula is C17H18N2O. The van der Waals surface area contributed by atoms with Crippen LogP contribution in [0.15, 0.2) is 60.7 Å². The Kier molecular flexibility index (Phi) is 3.18. The predicted molar refractivity (Wildman–Crippen MR) is 79.3 cm³/mol. The maximum absolute atomic E-state index is 12.3. The van der Waals surface area contributed by atoms with Crippen LogP contribution in [0.4, 0.5) is 4.79 Å². The van der Waals surface area contributed by atoms with E-state index >= 15 is 0 Å². The van der Waals surface area contributed by atoms with Gasteiger partial charge in [-0.3, -0.25) is 0 Å². The zero-order chi connectivity index (χ0) is 14.1. The van der Waals surface area contributed by atoms with Gasteiger partial charge in [0.1, 0.15) is 0 Å². The lowest BCUT2D eigenvalue weighted by molar-refractivity contribution is 0.199. The topological polar surface area (TPSA) is 23.6 Å². The Morgan fingerprint density at radius 1 is 0.700 bits per heavy atom. The van der Waals surface area contributed by atoms with E-state index < -0.39 is 0 Å². The predicted octanol–water partition coefficient (Wildman–Crippen LogP) is 3.47. The highest BCUT2D eigenvalue weighted by atomic mass is 16.2. The van der Waals surface area contributed by atoms with Crippen molar-refractivity contribution >= 4 is 6.03 Å². The van der Waals surface area contributed by atoms with Crippen LogP contribution in [0.2, 0.25) is 0 Å². The average Bonchev–Trinajstić information content (AvgIpc) is 2.73. The fraction of sp³-hybridized carbons (Fsp3) is 0.235. The molecule has 1 fully saturated rings. The number of hydrogen-bond donors (Lipinski definition) is 0. The molecule has 0 bridgehead atoms. The van der Waals surface area contributed by atoms with E-state index in [1.165, 1.54) is 11.1 Å². The molecule has 0 radical (unpaired) electrons. The number of carbonyl (C=O) groups excluding carboxylic acids is 1. The fourth-order valence-corrected chi connectivity index (χ4v) is 3.02. The monoisotopic (exact) mass is 266 g/mol. The Hall–Kier alpha value is -2.29. The first kappa shape index (κ1) is 12.7. The highest BCUT2D eigenvalue weighted by Crippen LogP contribution is 2.42. The number of nitrogens with zero attached hydrogens (tertiary/aromatic N) is 2. The van der Waals surface area contributed by atoms with E-state index in [4.69, 9.17) is 0 Å². The van der Waals surface area contributed by atoms with Gasteiger partial charge in [-0.25, -0.2) is 4.79 Å². The fourth-order valence-electron chi connectivity index (χ4n) is 3.02. The first-order valence-electron chi connectivity index (χ1n) is 6.79. The third-order valence-electron chi connectivity index (χ3n) is 4.02. The Morgan fingerprint density at radius 2 is 1.05 bits per heavy atom. The van der Waals surface area contributed by atoms with E-state index in [-0.39, 0.29) is 18.1 Å². The second-order valence-electron chi connectivity index (χ2n) is 5.22. The molecule has 1 aliphatic rings. The first-order chi connectivity index (χ1) is 9.70. The van der Waals surface area contributed by atoms with Gasteiger partial charge in [-0.05, 0) is 11.1 Å². The zero-order valence-corrected chi connectivity index (χ0v) is 11.7. The van der Waals surface area contributed by atoms with Gasteiger partial charge in [-0.1, -0.05) is 60.7 Å². The van der Waals surface area contributed by atoms with Crippen LogP contribution in [-0.4, -0.2) is 29.9 Å². The smallest absolute Gasteiger partial charge is 0.318 e. The lowest BCUT2D eigenvalue weighted by Gasteiger charge is -2.26. The van der Waals surface area contributed by atoms with Gasteiger partial charge in [-0.2, -0.15) is 0 Å². The molecule has 3 heteroatoms. The minimum absolute atomic E-state index is 0.0519. The van der Waals surface area contributed by atoms with E-state index in [1.54, 1.807) is 0 Å². The molecule has 102 valence electrons. The molecule has 2 aromatic rings. The number of carbonyl (C=O) groups is 1. The van der Waals surface area contributed by atoms with Crippen LogP contribution in [0, 0.1) is 0 Å². The third-order valence-corrected chi connectivity index (χ3v) is 4.02. The summed E-state index contributed by atoms with van der Waals surface area (Å²) in [5, 5.41) is 0. The summed E-state index contributed by atoms with van der Waals surface area (Å²) < 4.78 is 0. The lowest BCUT2D eigenvalue weighted by atomic mass is 9.93. The maximum Gasteiger partial charge on any atom is 0.320 e.